The zero-order chi connectivity index (χ0) is 13.1. The first-order valence-corrected chi connectivity index (χ1v) is 6.98. The van der Waals surface area contributed by atoms with Crippen LogP contribution in [-0.2, 0) is 12.8 Å². The molecule has 3 rings (SSSR count). The Hall–Kier alpha value is -1.62. The van der Waals surface area contributed by atoms with E-state index in [9.17, 15) is 4.79 Å². The van der Waals surface area contributed by atoms with Crippen LogP contribution in [0, 0.1) is 0 Å². The SMILES string of the molecule is O=C(Oc1cc2c(cn1)CCCC2)N1CCNCC1. The van der Waals surface area contributed by atoms with Crippen LogP contribution in [0.4, 0.5) is 4.79 Å². The fourth-order valence-corrected chi connectivity index (χ4v) is 2.65. The van der Waals surface area contributed by atoms with E-state index < -0.39 is 0 Å². The number of carbonyl (C=O) groups is 1. The van der Waals surface area contributed by atoms with E-state index in [0.29, 0.717) is 19.0 Å². The minimum atomic E-state index is -0.287. The number of ether oxygens (including phenoxy) is 1. The number of carbonyl (C=O) groups excluding carboxylic acids is 1. The van der Waals surface area contributed by atoms with Crippen molar-refractivity contribution in [2.75, 3.05) is 26.2 Å². The number of amides is 1. The van der Waals surface area contributed by atoms with Gasteiger partial charge in [-0.1, -0.05) is 0 Å². The van der Waals surface area contributed by atoms with Gasteiger partial charge in [0.25, 0.3) is 0 Å². The number of hydrogen-bond donors (Lipinski definition) is 1. The van der Waals surface area contributed by atoms with Gasteiger partial charge in [-0.3, -0.25) is 0 Å². The van der Waals surface area contributed by atoms with Gasteiger partial charge >= 0.3 is 6.09 Å². The normalized spacial score (nSPS) is 18.8. The van der Waals surface area contributed by atoms with Crippen molar-refractivity contribution in [3.63, 3.8) is 0 Å². The van der Waals surface area contributed by atoms with E-state index in [1.165, 1.54) is 24.0 Å². The predicted octanol–water partition coefficient (Wildman–Crippen LogP) is 1.36. The second-order valence-electron chi connectivity index (χ2n) is 5.10. The van der Waals surface area contributed by atoms with Gasteiger partial charge in [-0.2, -0.15) is 0 Å². The molecular weight excluding hydrogens is 242 g/mol. The van der Waals surface area contributed by atoms with Gasteiger partial charge in [-0.15, -0.1) is 0 Å². The maximum absolute atomic E-state index is 12.0. The van der Waals surface area contributed by atoms with E-state index in [1.807, 2.05) is 12.3 Å². The summed E-state index contributed by atoms with van der Waals surface area (Å²) in [6.07, 6.45) is 6.17. The summed E-state index contributed by atoms with van der Waals surface area (Å²) in [7, 11) is 0. The first-order valence-electron chi connectivity index (χ1n) is 6.98. The molecule has 1 fully saturated rings. The highest BCUT2D eigenvalue weighted by Gasteiger charge is 2.19. The van der Waals surface area contributed by atoms with Gasteiger partial charge in [-0.05, 0) is 36.8 Å². The van der Waals surface area contributed by atoms with Crippen molar-refractivity contribution in [3.8, 4) is 5.88 Å². The molecule has 0 spiro atoms. The molecule has 5 nitrogen and oxygen atoms in total. The zero-order valence-electron chi connectivity index (χ0n) is 11.0. The lowest BCUT2D eigenvalue weighted by atomic mass is 9.94. The van der Waals surface area contributed by atoms with Crippen LogP contribution >= 0.6 is 0 Å². The number of aromatic nitrogens is 1. The molecule has 1 aliphatic heterocycles. The Labute approximate surface area is 113 Å². The van der Waals surface area contributed by atoms with E-state index in [4.69, 9.17) is 4.74 Å². The molecule has 0 aromatic carbocycles. The molecule has 1 saturated heterocycles. The van der Waals surface area contributed by atoms with Crippen LogP contribution < -0.4 is 10.1 Å². The largest absolute Gasteiger partial charge is 0.416 e. The standard InChI is InChI=1S/C14H19N3O2/c18-14(17-7-5-15-6-8-17)19-13-9-11-3-1-2-4-12(11)10-16-13/h9-10,15H,1-8H2. The third kappa shape index (κ3) is 2.87. The summed E-state index contributed by atoms with van der Waals surface area (Å²) in [5.41, 5.74) is 2.58. The predicted molar refractivity (Wildman–Crippen MR) is 71.3 cm³/mol. The molecule has 5 heteroatoms. The first-order chi connectivity index (χ1) is 9.33. The number of fused-ring (bicyclic) bond motifs is 1. The van der Waals surface area contributed by atoms with Crippen LogP contribution in [0.5, 0.6) is 5.88 Å². The Morgan fingerprint density at radius 3 is 2.74 bits per heavy atom. The van der Waals surface area contributed by atoms with Crippen LogP contribution in [0.2, 0.25) is 0 Å². The third-order valence-corrected chi connectivity index (χ3v) is 3.77. The summed E-state index contributed by atoms with van der Waals surface area (Å²) < 4.78 is 5.37. The van der Waals surface area contributed by atoms with Crippen LogP contribution in [0.15, 0.2) is 12.3 Å². The van der Waals surface area contributed by atoms with Crippen LogP contribution in [0.3, 0.4) is 0 Å². The van der Waals surface area contributed by atoms with Crippen LogP contribution in [-0.4, -0.2) is 42.2 Å². The fraction of sp³-hybridized carbons (Fsp3) is 0.571. The summed E-state index contributed by atoms with van der Waals surface area (Å²) in [5.74, 6) is 0.434. The Balaban J connectivity index is 1.67. The van der Waals surface area contributed by atoms with Crippen LogP contribution in [0.25, 0.3) is 0 Å². The molecule has 1 N–H and O–H groups in total. The highest BCUT2D eigenvalue weighted by Crippen LogP contribution is 2.23. The van der Waals surface area contributed by atoms with Crippen molar-refractivity contribution in [2.45, 2.75) is 25.7 Å². The molecule has 19 heavy (non-hydrogen) atoms. The van der Waals surface area contributed by atoms with Gasteiger partial charge in [0.1, 0.15) is 0 Å². The molecule has 1 aliphatic carbocycles. The summed E-state index contributed by atoms with van der Waals surface area (Å²) in [6, 6.07) is 1.93. The van der Waals surface area contributed by atoms with Crippen molar-refractivity contribution >= 4 is 6.09 Å². The van der Waals surface area contributed by atoms with E-state index >= 15 is 0 Å². The number of piperazine rings is 1. The number of pyridine rings is 1. The topological polar surface area (TPSA) is 54.5 Å². The lowest BCUT2D eigenvalue weighted by Gasteiger charge is -2.26. The molecule has 102 valence electrons. The Bertz CT molecular complexity index is 470. The van der Waals surface area contributed by atoms with Gasteiger partial charge in [0.2, 0.25) is 5.88 Å². The van der Waals surface area contributed by atoms with E-state index in [2.05, 4.69) is 10.3 Å². The number of rotatable bonds is 1. The molecule has 0 unspecified atom stereocenters. The molecule has 1 aromatic rings. The fourth-order valence-electron chi connectivity index (χ4n) is 2.65. The summed E-state index contributed by atoms with van der Waals surface area (Å²) >= 11 is 0. The van der Waals surface area contributed by atoms with Gasteiger partial charge < -0.3 is 15.0 Å². The van der Waals surface area contributed by atoms with Crippen molar-refractivity contribution in [2.24, 2.45) is 0 Å². The quantitative estimate of drug-likeness (QED) is 0.829. The molecule has 0 atom stereocenters. The summed E-state index contributed by atoms with van der Waals surface area (Å²) in [5, 5.41) is 3.21. The maximum Gasteiger partial charge on any atom is 0.416 e. The van der Waals surface area contributed by atoms with E-state index in [0.717, 1.165) is 25.9 Å². The lowest BCUT2D eigenvalue weighted by Crippen LogP contribution is -2.47. The second kappa shape index (κ2) is 5.57. The average Bonchev–Trinajstić information content (AvgIpc) is 2.48. The van der Waals surface area contributed by atoms with E-state index in [1.54, 1.807) is 4.90 Å². The van der Waals surface area contributed by atoms with Gasteiger partial charge in [0.15, 0.2) is 0 Å². The van der Waals surface area contributed by atoms with Gasteiger partial charge in [0, 0.05) is 38.4 Å². The second-order valence-corrected chi connectivity index (χ2v) is 5.10. The number of nitrogens with zero attached hydrogens (tertiary/aromatic N) is 2. The molecule has 1 aromatic heterocycles. The Kier molecular flexibility index (Phi) is 3.64. The molecule has 0 saturated carbocycles. The first kappa shape index (κ1) is 12.4. The van der Waals surface area contributed by atoms with Gasteiger partial charge in [0.05, 0.1) is 0 Å². The average molecular weight is 261 g/mol. The van der Waals surface area contributed by atoms with Gasteiger partial charge in [-0.25, -0.2) is 9.78 Å². The highest BCUT2D eigenvalue weighted by molar-refractivity contribution is 5.70. The highest BCUT2D eigenvalue weighted by atomic mass is 16.6. The van der Waals surface area contributed by atoms with E-state index in [-0.39, 0.29) is 6.09 Å². The molecule has 2 aliphatic rings. The Morgan fingerprint density at radius 1 is 1.21 bits per heavy atom. The summed E-state index contributed by atoms with van der Waals surface area (Å²) in [4.78, 5) is 17.9. The number of hydrogen-bond acceptors (Lipinski definition) is 4. The molecule has 0 radical (unpaired) electrons. The minimum Gasteiger partial charge on any atom is -0.391 e. The lowest BCUT2D eigenvalue weighted by molar-refractivity contribution is 0.144. The minimum absolute atomic E-state index is 0.287. The zero-order valence-corrected chi connectivity index (χ0v) is 11.0. The number of nitrogens with one attached hydrogen (secondary N) is 1. The third-order valence-electron chi connectivity index (χ3n) is 3.77. The molecule has 1 amide bonds. The monoisotopic (exact) mass is 261 g/mol. The summed E-state index contributed by atoms with van der Waals surface area (Å²) in [6.45, 7) is 3.05. The smallest absolute Gasteiger partial charge is 0.391 e. The van der Waals surface area contributed by atoms with Crippen molar-refractivity contribution in [1.29, 1.82) is 0 Å². The maximum atomic E-state index is 12.0. The van der Waals surface area contributed by atoms with Crippen molar-refractivity contribution < 1.29 is 9.53 Å². The molecule has 2 heterocycles. The molecule has 0 bridgehead atoms. The van der Waals surface area contributed by atoms with Crippen molar-refractivity contribution in [1.82, 2.24) is 15.2 Å². The molecular formula is C14H19N3O2. The van der Waals surface area contributed by atoms with Crippen molar-refractivity contribution in [3.05, 3.63) is 23.4 Å². The van der Waals surface area contributed by atoms with Crippen LogP contribution in [0.1, 0.15) is 24.0 Å². The number of aryl methyl sites for hydroxylation is 2. The Morgan fingerprint density at radius 2 is 1.95 bits per heavy atom.